The summed E-state index contributed by atoms with van der Waals surface area (Å²) in [5.74, 6) is 1.28. The van der Waals surface area contributed by atoms with E-state index in [0.29, 0.717) is 11.4 Å². The molecule has 1 aliphatic heterocycles. The first-order chi connectivity index (χ1) is 15.7. The van der Waals surface area contributed by atoms with Crippen LogP contribution in [0, 0.1) is 0 Å². The topological polar surface area (TPSA) is 76.2 Å². The number of carbonyl (C=O) groups excluding carboxylic acids is 1. The number of anilines is 1. The van der Waals surface area contributed by atoms with Crippen LogP contribution in [0.2, 0.25) is 0 Å². The molecule has 0 aliphatic carbocycles. The van der Waals surface area contributed by atoms with Gasteiger partial charge in [-0.05, 0) is 61.2 Å². The van der Waals surface area contributed by atoms with Gasteiger partial charge in [-0.2, -0.15) is 0 Å². The van der Waals surface area contributed by atoms with Crippen LogP contribution in [-0.4, -0.2) is 28.6 Å². The average molecular weight is 428 g/mol. The lowest BCUT2D eigenvalue weighted by Crippen LogP contribution is -2.30. The van der Waals surface area contributed by atoms with E-state index in [0.717, 1.165) is 47.4 Å². The van der Waals surface area contributed by atoms with E-state index in [1.165, 1.54) is 0 Å². The van der Waals surface area contributed by atoms with Crippen LogP contribution < -0.4 is 10.1 Å². The van der Waals surface area contributed by atoms with Gasteiger partial charge in [0.15, 0.2) is 6.10 Å². The molecule has 3 aromatic carbocycles. The average Bonchev–Trinajstić information content (AvgIpc) is 3.50. The Morgan fingerprint density at radius 3 is 2.62 bits per heavy atom. The molecule has 1 aromatic heterocycles. The van der Waals surface area contributed by atoms with Crippen LogP contribution in [0.4, 0.5) is 5.69 Å². The van der Waals surface area contributed by atoms with Gasteiger partial charge in [-0.1, -0.05) is 42.5 Å². The molecular formula is C26H25N3O3. The highest BCUT2D eigenvalue weighted by Gasteiger charge is 2.21. The molecule has 0 spiro atoms. The van der Waals surface area contributed by atoms with Gasteiger partial charge in [0, 0.05) is 12.3 Å². The predicted molar refractivity (Wildman–Crippen MR) is 125 cm³/mol. The van der Waals surface area contributed by atoms with Crippen molar-refractivity contribution < 1.29 is 14.3 Å². The third-order valence-corrected chi connectivity index (χ3v) is 5.65. The van der Waals surface area contributed by atoms with Gasteiger partial charge < -0.3 is 19.8 Å². The summed E-state index contributed by atoms with van der Waals surface area (Å²) in [4.78, 5) is 20.6. The van der Waals surface area contributed by atoms with E-state index < -0.39 is 6.10 Å². The smallest absolute Gasteiger partial charge is 0.265 e. The highest BCUT2D eigenvalue weighted by atomic mass is 16.5. The molecule has 1 aliphatic rings. The van der Waals surface area contributed by atoms with E-state index in [1.54, 1.807) is 6.92 Å². The molecule has 1 amide bonds. The molecule has 6 heteroatoms. The zero-order valence-corrected chi connectivity index (χ0v) is 17.9. The summed E-state index contributed by atoms with van der Waals surface area (Å²) in [5.41, 5.74) is 4.67. The Balaban J connectivity index is 1.22. The number of nitrogens with zero attached hydrogens (tertiary/aromatic N) is 1. The van der Waals surface area contributed by atoms with Crippen molar-refractivity contribution in [3.8, 4) is 16.9 Å². The van der Waals surface area contributed by atoms with Gasteiger partial charge in [-0.15, -0.1) is 0 Å². The summed E-state index contributed by atoms with van der Waals surface area (Å²) in [6, 6.07) is 23.5. The van der Waals surface area contributed by atoms with Crippen LogP contribution in [0.1, 0.15) is 31.7 Å². The minimum atomic E-state index is -0.641. The van der Waals surface area contributed by atoms with E-state index in [9.17, 15) is 4.79 Å². The molecule has 32 heavy (non-hydrogen) atoms. The van der Waals surface area contributed by atoms with Gasteiger partial charge in [0.25, 0.3) is 5.91 Å². The van der Waals surface area contributed by atoms with Crippen molar-refractivity contribution in [3.05, 3.63) is 78.6 Å². The molecule has 2 atom stereocenters. The molecule has 162 valence electrons. The fourth-order valence-corrected chi connectivity index (χ4v) is 3.91. The number of nitrogens with one attached hydrogen (secondary N) is 2. The summed E-state index contributed by atoms with van der Waals surface area (Å²) in [7, 11) is 0. The maximum absolute atomic E-state index is 12.7. The number of fused-ring (bicyclic) bond motifs is 1. The molecule has 0 saturated carbocycles. The Kier molecular flexibility index (Phi) is 5.60. The monoisotopic (exact) mass is 427 g/mol. The summed E-state index contributed by atoms with van der Waals surface area (Å²) in [5, 5.41) is 2.93. The molecule has 1 saturated heterocycles. The van der Waals surface area contributed by atoms with Crippen molar-refractivity contribution in [1.82, 2.24) is 9.97 Å². The number of carbonyl (C=O) groups is 1. The number of aromatic amines is 1. The molecule has 2 heterocycles. The number of H-pyrrole nitrogens is 1. The van der Waals surface area contributed by atoms with Crippen LogP contribution in [0.15, 0.2) is 72.8 Å². The van der Waals surface area contributed by atoms with E-state index in [2.05, 4.69) is 27.4 Å². The van der Waals surface area contributed by atoms with Crippen molar-refractivity contribution in [3.63, 3.8) is 0 Å². The molecule has 2 N–H and O–H groups in total. The first kappa shape index (κ1) is 20.3. The van der Waals surface area contributed by atoms with E-state index in [-0.39, 0.29) is 12.0 Å². The van der Waals surface area contributed by atoms with Crippen LogP contribution in [0.3, 0.4) is 0 Å². The molecule has 4 aromatic rings. The zero-order valence-electron chi connectivity index (χ0n) is 17.9. The number of imidazole rings is 1. The SMILES string of the molecule is CC(Oc1ccc(-c2ccccc2)cc1)C(=O)Nc1ccc2nc(C3CCCO3)[nH]c2c1. The van der Waals surface area contributed by atoms with E-state index >= 15 is 0 Å². The zero-order chi connectivity index (χ0) is 21.9. The van der Waals surface area contributed by atoms with E-state index in [1.807, 2.05) is 60.7 Å². The number of hydrogen-bond acceptors (Lipinski definition) is 4. The summed E-state index contributed by atoms with van der Waals surface area (Å²) >= 11 is 0. The van der Waals surface area contributed by atoms with Crippen molar-refractivity contribution in [2.45, 2.75) is 32.0 Å². The largest absolute Gasteiger partial charge is 0.481 e. The Bertz CT molecular complexity index is 1210. The van der Waals surface area contributed by atoms with Gasteiger partial charge in [-0.25, -0.2) is 4.98 Å². The molecule has 5 rings (SSSR count). The molecule has 2 unspecified atom stereocenters. The normalized spacial score (nSPS) is 16.7. The molecule has 6 nitrogen and oxygen atoms in total. The maximum Gasteiger partial charge on any atom is 0.265 e. The number of rotatable bonds is 6. The second-order valence-electron chi connectivity index (χ2n) is 8.00. The highest BCUT2D eigenvalue weighted by Crippen LogP contribution is 2.29. The van der Waals surface area contributed by atoms with Gasteiger partial charge in [0.2, 0.25) is 0 Å². The molecular weight excluding hydrogens is 402 g/mol. The highest BCUT2D eigenvalue weighted by molar-refractivity contribution is 5.95. The van der Waals surface area contributed by atoms with Crippen molar-refractivity contribution in [2.75, 3.05) is 11.9 Å². The van der Waals surface area contributed by atoms with Gasteiger partial charge in [0.1, 0.15) is 17.7 Å². The first-order valence-corrected chi connectivity index (χ1v) is 10.9. The lowest BCUT2D eigenvalue weighted by Gasteiger charge is -2.15. The standard InChI is InChI=1S/C26H25N3O3/c1-17(32-21-12-9-19(10-13-21)18-6-3-2-4-7-18)26(30)27-20-11-14-22-23(16-20)29-25(28-22)24-8-5-15-31-24/h2-4,6-7,9-14,16-17,24H,5,8,15H2,1H3,(H,27,30)(H,28,29). The summed E-state index contributed by atoms with van der Waals surface area (Å²) in [6.45, 7) is 2.51. The van der Waals surface area contributed by atoms with Crippen LogP contribution in [0.5, 0.6) is 5.75 Å². The van der Waals surface area contributed by atoms with Gasteiger partial charge in [-0.3, -0.25) is 4.79 Å². The quantitative estimate of drug-likeness (QED) is 0.427. The number of ether oxygens (including phenoxy) is 2. The van der Waals surface area contributed by atoms with Crippen molar-refractivity contribution in [1.29, 1.82) is 0 Å². The lowest BCUT2D eigenvalue weighted by molar-refractivity contribution is -0.122. The van der Waals surface area contributed by atoms with E-state index in [4.69, 9.17) is 9.47 Å². The third kappa shape index (κ3) is 4.36. The fraction of sp³-hybridized carbons (Fsp3) is 0.231. The Hall–Kier alpha value is -3.64. The Morgan fingerprint density at radius 1 is 1.09 bits per heavy atom. The number of hydrogen-bond donors (Lipinski definition) is 2. The maximum atomic E-state index is 12.7. The van der Waals surface area contributed by atoms with Crippen LogP contribution >= 0.6 is 0 Å². The van der Waals surface area contributed by atoms with Gasteiger partial charge >= 0.3 is 0 Å². The summed E-state index contributed by atoms with van der Waals surface area (Å²) < 4.78 is 11.6. The fourth-order valence-electron chi connectivity index (χ4n) is 3.91. The van der Waals surface area contributed by atoms with Crippen LogP contribution in [-0.2, 0) is 9.53 Å². The second-order valence-corrected chi connectivity index (χ2v) is 8.00. The minimum Gasteiger partial charge on any atom is -0.481 e. The molecule has 1 fully saturated rings. The van der Waals surface area contributed by atoms with Crippen LogP contribution in [0.25, 0.3) is 22.2 Å². The van der Waals surface area contributed by atoms with Gasteiger partial charge in [0.05, 0.1) is 11.0 Å². The predicted octanol–water partition coefficient (Wildman–Crippen LogP) is 5.49. The minimum absolute atomic E-state index is 0.0298. The Morgan fingerprint density at radius 2 is 1.88 bits per heavy atom. The molecule has 0 radical (unpaired) electrons. The summed E-state index contributed by atoms with van der Waals surface area (Å²) in [6.07, 6.45) is 1.42. The number of amides is 1. The lowest BCUT2D eigenvalue weighted by atomic mass is 10.1. The number of benzene rings is 3. The van der Waals surface area contributed by atoms with Crippen molar-refractivity contribution in [2.24, 2.45) is 0 Å². The van der Waals surface area contributed by atoms with Crippen molar-refractivity contribution >= 4 is 22.6 Å². The first-order valence-electron chi connectivity index (χ1n) is 10.9. The second kappa shape index (κ2) is 8.85. The number of aromatic nitrogens is 2. The Labute approximate surface area is 186 Å². The third-order valence-electron chi connectivity index (χ3n) is 5.65. The molecule has 0 bridgehead atoms.